The number of methoxy groups -OCH3 is 1. The Labute approximate surface area is 183 Å². The minimum Gasteiger partial charge on any atom is -0.493 e. The maximum atomic E-state index is 11.5. The summed E-state index contributed by atoms with van der Waals surface area (Å²) in [6.45, 7) is 2.95. The van der Waals surface area contributed by atoms with Gasteiger partial charge in [0.15, 0.2) is 27.3 Å². The molecule has 7 nitrogen and oxygen atoms in total. The van der Waals surface area contributed by atoms with E-state index in [1.54, 1.807) is 38.4 Å². The van der Waals surface area contributed by atoms with E-state index >= 15 is 0 Å². The van der Waals surface area contributed by atoms with E-state index in [1.807, 2.05) is 25.1 Å². The average molecular weight is 519 g/mol. The van der Waals surface area contributed by atoms with Crippen molar-refractivity contribution >= 4 is 45.5 Å². The minimum atomic E-state index is -3.19. The molecule has 0 spiro atoms. The van der Waals surface area contributed by atoms with Gasteiger partial charge in [-0.2, -0.15) is 0 Å². The van der Waals surface area contributed by atoms with Gasteiger partial charge in [-0.3, -0.25) is 4.99 Å². The molecule has 0 aromatic heterocycles. The second-order valence-corrected chi connectivity index (χ2v) is 7.78. The van der Waals surface area contributed by atoms with Crippen LogP contribution in [0.5, 0.6) is 11.5 Å². The molecule has 0 radical (unpaired) electrons. The fraction of sp³-hybridized carbons (Fsp3) is 0.316. The van der Waals surface area contributed by atoms with Crippen LogP contribution in [0.25, 0.3) is 0 Å². The van der Waals surface area contributed by atoms with Gasteiger partial charge in [0.25, 0.3) is 0 Å². The lowest BCUT2D eigenvalue weighted by atomic mass is 10.2. The molecule has 0 aliphatic carbocycles. The van der Waals surface area contributed by atoms with Crippen LogP contribution in [0.3, 0.4) is 0 Å². The highest BCUT2D eigenvalue weighted by Crippen LogP contribution is 2.30. The first-order valence-electron chi connectivity index (χ1n) is 8.45. The molecular weight excluding hydrogens is 493 g/mol. The fourth-order valence-corrected chi connectivity index (χ4v) is 3.01. The molecule has 2 N–H and O–H groups in total. The van der Waals surface area contributed by atoms with Gasteiger partial charge in [-0.15, -0.1) is 24.0 Å². The molecule has 0 unspecified atom stereocenters. The van der Waals surface area contributed by atoms with Crippen LogP contribution in [-0.4, -0.2) is 41.4 Å². The van der Waals surface area contributed by atoms with Crippen molar-refractivity contribution in [1.29, 1.82) is 0 Å². The van der Waals surface area contributed by atoms with E-state index in [1.165, 1.54) is 6.26 Å². The standard InChI is InChI=1S/C19H25N3O4S.HI/c1-5-26-18-12-15(8-11-17(18)25-3)22-19(20-2)21-13-14-6-9-16(10-7-14)27(4,23)24;/h6-12H,5,13H2,1-4H3,(H2,20,21,22);1H. The first-order valence-corrected chi connectivity index (χ1v) is 10.3. The average Bonchev–Trinajstić information content (AvgIpc) is 2.65. The summed E-state index contributed by atoms with van der Waals surface area (Å²) in [6, 6.07) is 12.3. The van der Waals surface area contributed by atoms with Crippen molar-refractivity contribution in [3.63, 3.8) is 0 Å². The van der Waals surface area contributed by atoms with Gasteiger partial charge >= 0.3 is 0 Å². The molecule has 0 atom stereocenters. The zero-order valence-electron chi connectivity index (χ0n) is 16.4. The molecule has 2 aromatic rings. The molecule has 2 aromatic carbocycles. The fourth-order valence-electron chi connectivity index (χ4n) is 2.38. The first-order chi connectivity index (χ1) is 12.9. The van der Waals surface area contributed by atoms with Crippen LogP contribution in [0.2, 0.25) is 0 Å². The lowest BCUT2D eigenvalue weighted by molar-refractivity contribution is 0.311. The third kappa shape index (κ3) is 6.86. The van der Waals surface area contributed by atoms with Crippen LogP contribution in [0.15, 0.2) is 52.4 Å². The van der Waals surface area contributed by atoms with E-state index in [4.69, 9.17) is 9.47 Å². The first kappa shape index (κ1) is 24.0. The topological polar surface area (TPSA) is 89.0 Å². The molecular formula is C19H26IN3O4S. The van der Waals surface area contributed by atoms with Gasteiger partial charge in [-0.1, -0.05) is 12.1 Å². The normalized spacial score (nSPS) is 11.4. The second kappa shape index (κ2) is 11.1. The largest absolute Gasteiger partial charge is 0.493 e. The monoisotopic (exact) mass is 519 g/mol. The Hall–Kier alpha value is -2.01. The summed E-state index contributed by atoms with van der Waals surface area (Å²) in [7, 11) is 0.0839. The highest BCUT2D eigenvalue weighted by molar-refractivity contribution is 14.0. The van der Waals surface area contributed by atoms with E-state index in [0.29, 0.717) is 35.5 Å². The third-order valence-corrected chi connectivity index (χ3v) is 4.89. The Bertz CT molecular complexity index is 900. The van der Waals surface area contributed by atoms with E-state index < -0.39 is 9.84 Å². The predicted molar refractivity (Wildman–Crippen MR) is 123 cm³/mol. The summed E-state index contributed by atoms with van der Waals surface area (Å²) in [5.41, 5.74) is 1.75. The minimum absolute atomic E-state index is 0. The molecule has 0 aliphatic rings. The highest BCUT2D eigenvalue weighted by Gasteiger charge is 2.08. The number of nitrogens with zero attached hydrogens (tertiary/aromatic N) is 1. The number of halogens is 1. The van der Waals surface area contributed by atoms with Gasteiger partial charge in [-0.25, -0.2) is 8.42 Å². The van der Waals surface area contributed by atoms with Gasteiger partial charge in [0, 0.05) is 31.6 Å². The van der Waals surface area contributed by atoms with Crippen molar-refractivity contribution in [2.75, 3.05) is 32.3 Å². The Kier molecular flexibility index (Phi) is 9.53. The van der Waals surface area contributed by atoms with Crippen LogP contribution in [0, 0.1) is 0 Å². The molecule has 0 heterocycles. The van der Waals surface area contributed by atoms with E-state index in [0.717, 1.165) is 11.3 Å². The van der Waals surface area contributed by atoms with Crippen molar-refractivity contribution in [2.24, 2.45) is 4.99 Å². The van der Waals surface area contributed by atoms with E-state index in [9.17, 15) is 8.42 Å². The summed E-state index contributed by atoms with van der Waals surface area (Å²) < 4.78 is 33.9. The number of hydrogen-bond acceptors (Lipinski definition) is 5. The number of ether oxygens (including phenoxy) is 2. The van der Waals surface area contributed by atoms with E-state index in [-0.39, 0.29) is 24.0 Å². The Morgan fingerprint density at radius 3 is 2.32 bits per heavy atom. The number of aliphatic imine (C=N–C) groups is 1. The number of guanidine groups is 1. The molecule has 0 aliphatic heterocycles. The number of rotatable bonds is 7. The molecule has 0 amide bonds. The van der Waals surface area contributed by atoms with Gasteiger partial charge in [-0.05, 0) is 36.8 Å². The molecule has 0 fully saturated rings. The van der Waals surface area contributed by atoms with Crippen molar-refractivity contribution in [3.05, 3.63) is 48.0 Å². The zero-order valence-corrected chi connectivity index (χ0v) is 19.5. The molecule has 0 bridgehead atoms. The smallest absolute Gasteiger partial charge is 0.195 e. The Balaban J connectivity index is 0.00000392. The highest BCUT2D eigenvalue weighted by atomic mass is 127. The van der Waals surface area contributed by atoms with Crippen LogP contribution < -0.4 is 20.1 Å². The molecule has 9 heteroatoms. The lowest BCUT2D eigenvalue weighted by Crippen LogP contribution is -2.30. The molecule has 154 valence electrons. The number of nitrogens with one attached hydrogen (secondary N) is 2. The zero-order chi connectivity index (χ0) is 19.9. The van der Waals surface area contributed by atoms with Gasteiger partial charge < -0.3 is 20.1 Å². The Morgan fingerprint density at radius 2 is 1.79 bits per heavy atom. The van der Waals surface area contributed by atoms with Crippen LogP contribution >= 0.6 is 24.0 Å². The summed E-state index contributed by atoms with van der Waals surface area (Å²) in [5, 5.41) is 6.38. The summed E-state index contributed by atoms with van der Waals surface area (Å²) in [5.74, 6) is 1.89. The maximum Gasteiger partial charge on any atom is 0.195 e. The quantitative estimate of drug-likeness (QED) is 0.332. The van der Waals surface area contributed by atoms with Crippen molar-refractivity contribution in [2.45, 2.75) is 18.4 Å². The van der Waals surface area contributed by atoms with Crippen molar-refractivity contribution < 1.29 is 17.9 Å². The number of hydrogen-bond donors (Lipinski definition) is 2. The summed E-state index contributed by atoms with van der Waals surface area (Å²) in [6.07, 6.45) is 1.19. The summed E-state index contributed by atoms with van der Waals surface area (Å²) >= 11 is 0. The number of sulfone groups is 1. The molecule has 0 saturated carbocycles. The Morgan fingerprint density at radius 1 is 1.11 bits per heavy atom. The third-order valence-electron chi connectivity index (χ3n) is 3.76. The second-order valence-electron chi connectivity index (χ2n) is 5.77. The van der Waals surface area contributed by atoms with Gasteiger partial charge in [0.05, 0.1) is 18.6 Å². The van der Waals surface area contributed by atoms with Crippen LogP contribution in [0.4, 0.5) is 5.69 Å². The van der Waals surface area contributed by atoms with Gasteiger partial charge in [0.1, 0.15) is 0 Å². The molecule has 2 rings (SSSR count). The van der Waals surface area contributed by atoms with Crippen LogP contribution in [-0.2, 0) is 16.4 Å². The maximum absolute atomic E-state index is 11.5. The van der Waals surface area contributed by atoms with Crippen molar-refractivity contribution in [3.8, 4) is 11.5 Å². The molecule has 0 saturated heterocycles. The summed E-state index contributed by atoms with van der Waals surface area (Å²) in [4.78, 5) is 4.50. The predicted octanol–water partition coefficient (Wildman–Crippen LogP) is 3.30. The van der Waals surface area contributed by atoms with E-state index in [2.05, 4.69) is 15.6 Å². The van der Waals surface area contributed by atoms with Crippen molar-refractivity contribution in [1.82, 2.24) is 5.32 Å². The molecule has 28 heavy (non-hydrogen) atoms. The van der Waals surface area contributed by atoms with Gasteiger partial charge in [0.2, 0.25) is 0 Å². The van der Waals surface area contributed by atoms with Crippen LogP contribution in [0.1, 0.15) is 12.5 Å². The number of benzene rings is 2. The SMILES string of the molecule is CCOc1cc(NC(=NC)NCc2ccc(S(C)(=O)=O)cc2)ccc1OC.I. The lowest BCUT2D eigenvalue weighted by Gasteiger charge is -2.15. The number of anilines is 1.